The molecule has 2 saturated heterocycles. The fourth-order valence-corrected chi connectivity index (χ4v) is 3.30. The van der Waals surface area contributed by atoms with Crippen molar-refractivity contribution >= 4 is 17.6 Å². The molecule has 2 amide bonds. The summed E-state index contributed by atoms with van der Waals surface area (Å²) in [6.45, 7) is 3.56. The van der Waals surface area contributed by atoms with Gasteiger partial charge < -0.3 is 10.2 Å². The van der Waals surface area contributed by atoms with E-state index in [9.17, 15) is 9.59 Å². The first-order valence-corrected chi connectivity index (χ1v) is 7.97. The Bertz CT molecular complexity index is 550. The number of piperidine rings is 1. The summed E-state index contributed by atoms with van der Waals surface area (Å²) in [5.41, 5.74) is 0. The topological polar surface area (TPSA) is 70.5 Å². The monoisotopic (exact) mass is 305 g/mol. The number of rotatable bonds is 2. The van der Waals surface area contributed by atoms with Crippen molar-refractivity contribution in [3.05, 3.63) is 12.3 Å². The molecule has 0 spiro atoms. The Balaban J connectivity index is 1.53. The number of amides is 2. The Kier molecular flexibility index (Phi) is 4.42. The lowest BCUT2D eigenvalue weighted by molar-refractivity contribution is -0.142. The number of carbonyl (C=O) groups excluding carboxylic acids is 2. The number of hydrogen-bond acceptors (Lipinski definition) is 4. The van der Waals surface area contributed by atoms with Gasteiger partial charge in [-0.1, -0.05) is 6.42 Å². The Morgan fingerprint density at radius 2 is 2.00 bits per heavy atom. The van der Waals surface area contributed by atoms with Gasteiger partial charge >= 0.3 is 11.8 Å². The molecule has 22 heavy (non-hydrogen) atoms. The maximum Gasteiger partial charge on any atom is 0.315 e. The first-order chi connectivity index (χ1) is 10.6. The Morgan fingerprint density at radius 1 is 1.23 bits per heavy atom. The Hall–Kier alpha value is -1.89. The molecule has 0 unspecified atom stereocenters. The third kappa shape index (κ3) is 3.30. The van der Waals surface area contributed by atoms with E-state index < -0.39 is 11.8 Å². The van der Waals surface area contributed by atoms with Gasteiger partial charge in [-0.15, -0.1) is 0 Å². The lowest BCUT2D eigenvalue weighted by Gasteiger charge is -2.32. The van der Waals surface area contributed by atoms with E-state index in [1.807, 2.05) is 0 Å². The van der Waals surface area contributed by atoms with Gasteiger partial charge in [0, 0.05) is 38.4 Å². The van der Waals surface area contributed by atoms with Crippen LogP contribution in [-0.4, -0.2) is 63.6 Å². The highest BCUT2D eigenvalue weighted by atomic mass is 16.2. The van der Waals surface area contributed by atoms with Crippen LogP contribution in [0, 0.1) is 0 Å². The predicted octanol–water partition coefficient (Wildman–Crippen LogP) is 0.445. The molecule has 0 aromatic carbocycles. The van der Waals surface area contributed by atoms with Gasteiger partial charge in [-0.3, -0.25) is 19.2 Å². The molecule has 1 aromatic heterocycles. The zero-order chi connectivity index (χ0) is 15.5. The van der Waals surface area contributed by atoms with Gasteiger partial charge in [0.1, 0.15) is 0 Å². The number of carbonyl (C=O) groups is 2. The fraction of sp³-hybridized carbons (Fsp3) is 0.667. The van der Waals surface area contributed by atoms with Crippen molar-refractivity contribution in [3.8, 4) is 0 Å². The molecule has 0 aliphatic carbocycles. The van der Waals surface area contributed by atoms with E-state index in [4.69, 9.17) is 0 Å². The molecule has 1 atom stereocenters. The van der Waals surface area contributed by atoms with Crippen molar-refractivity contribution < 1.29 is 9.59 Å². The highest BCUT2D eigenvalue weighted by Gasteiger charge is 2.33. The molecule has 0 bridgehead atoms. The van der Waals surface area contributed by atoms with Crippen molar-refractivity contribution in [1.82, 2.24) is 19.6 Å². The first kappa shape index (κ1) is 15.0. The van der Waals surface area contributed by atoms with Gasteiger partial charge in [0.2, 0.25) is 0 Å². The number of aryl methyl sites for hydroxylation is 1. The van der Waals surface area contributed by atoms with Crippen LogP contribution in [0.4, 0.5) is 5.82 Å². The zero-order valence-electron chi connectivity index (χ0n) is 13.0. The predicted molar refractivity (Wildman–Crippen MR) is 82.2 cm³/mol. The minimum absolute atomic E-state index is 0.409. The number of nitrogens with one attached hydrogen (secondary N) is 1. The molecule has 0 saturated carbocycles. The van der Waals surface area contributed by atoms with Gasteiger partial charge in [-0.25, -0.2) is 0 Å². The van der Waals surface area contributed by atoms with E-state index >= 15 is 0 Å². The smallest absolute Gasteiger partial charge is 0.315 e. The quantitative estimate of drug-likeness (QED) is 0.805. The second-order valence-corrected chi connectivity index (χ2v) is 6.12. The summed E-state index contributed by atoms with van der Waals surface area (Å²) >= 11 is 0. The summed E-state index contributed by atoms with van der Waals surface area (Å²) in [6, 6.07) is 2.08. The van der Waals surface area contributed by atoms with Gasteiger partial charge in [0.05, 0.1) is 0 Å². The van der Waals surface area contributed by atoms with Crippen LogP contribution in [0.3, 0.4) is 0 Å². The molecule has 7 heteroatoms. The van der Waals surface area contributed by atoms with Gasteiger partial charge in [-0.2, -0.15) is 5.10 Å². The SMILES string of the molecule is Cn1ccc(NC(=O)C(=O)N2CC[C@@H](N3CCCCC3)C2)n1. The van der Waals surface area contributed by atoms with Crippen molar-refractivity contribution in [2.45, 2.75) is 31.7 Å². The highest BCUT2D eigenvalue weighted by molar-refractivity contribution is 6.39. The van der Waals surface area contributed by atoms with E-state index in [0.29, 0.717) is 24.9 Å². The second kappa shape index (κ2) is 6.48. The lowest BCUT2D eigenvalue weighted by atomic mass is 10.1. The van der Waals surface area contributed by atoms with Crippen LogP contribution < -0.4 is 5.32 Å². The molecule has 7 nitrogen and oxygen atoms in total. The van der Waals surface area contributed by atoms with Crippen molar-refractivity contribution in [3.63, 3.8) is 0 Å². The van der Waals surface area contributed by atoms with Crippen LogP contribution in [0.2, 0.25) is 0 Å². The number of likely N-dealkylation sites (tertiary alicyclic amines) is 2. The van der Waals surface area contributed by atoms with E-state index in [-0.39, 0.29) is 0 Å². The molecule has 120 valence electrons. The van der Waals surface area contributed by atoms with E-state index in [1.54, 1.807) is 28.9 Å². The summed E-state index contributed by atoms with van der Waals surface area (Å²) in [4.78, 5) is 28.4. The number of aromatic nitrogens is 2. The Labute approximate surface area is 130 Å². The molecule has 3 rings (SSSR count). The summed E-state index contributed by atoms with van der Waals surface area (Å²) in [7, 11) is 1.77. The third-order valence-corrected chi connectivity index (χ3v) is 4.51. The molecule has 1 N–H and O–H groups in total. The minimum atomic E-state index is -0.599. The lowest BCUT2D eigenvalue weighted by Crippen LogP contribution is -2.43. The molecule has 2 fully saturated rings. The summed E-state index contributed by atoms with van der Waals surface area (Å²) < 4.78 is 1.59. The maximum atomic E-state index is 12.2. The first-order valence-electron chi connectivity index (χ1n) is 7.97. The van der Waals surface area contributed by atoms with Crippen molar-refractivity contribution in [2.75, 3.05) is 31.5 Å². The minimum Gasteiger partial charge on any atom is -0.333 e. The van der Waals surface area contributed by atoms with Gasteiger partial charge in [-0.05, 0) is 32.4 Å². The van der Waals surface area contributed by atoms with Gasteiger partial charge in [0.15, 0.2) is 5.82 Å². The third-order valence-electron chi connectivity index (χ3n) is 4.51. The van der Waals surface area contributed by atoms with Crippen molar-refractivity contribution in [2.24, 2.45) is 7.05 Å². The van der Waals surface area contributed by atoms with Crippen LogP contribution in [-0.2, 0) is 16.6 Å². The molecule has 0 radical (unpaired) electrons. The summed E-state index contributed by atoms with van der Waals surface area (Å²) in [5.74, 6) is -0.643. The number of nitrogens with zero attached hydrogens (tertiary/aromatic N) is 4. The van der Waals surface area contributed by atoms with Crippen molar-refractivity contribution in [1.29, 1.82) is 0 Å². The van der Waals surface area contributed by atoms with Crippen LogP contribution in [0.1, 0.15) is 25.7 Å². The number of hydrogen-bond donors (Lipinski definition) is 1. The molecule has 3 heterocycles. The molecule has 2 aliphatic heterocycles. The standard InChI is InChI=1S/C15H23N5O2/c1-18-9-6-13(17-18)16-14(21)15(22)20-10-5-12(11-20)19-7-3-2-4-8-19/h6,9,12H,2-5,7-8,10-11H2,1H3,(H,16,17,21)/t12-/m1/s1. The zero-order valence-corrected chi connectivity index (χ0v) is 13.0. The summed E-state index contributed by atoms with van der Waals surface area (Å²) in [5, 5.41) is 6.61. The average Bonchev–Trinajstić information content (AvgIpc) is 3.17. The molecular weight excluding hydrogens is 282 g/mol. The van der Waals surface area contributed by atoms with E-state index in [2.05, 4.69) is 15.3 Å². The summed E-state index contributed by atoms with van der Waals surface area (Å²) in [6.07, 6.45) is 6.47. The van der Waals surface area contributed by atoms with Crippen LogP contribution >= 0.6 is 0 Å². The van der Waals surface area contributed by atoms with E-state index in [0.717, 1.165) is 19.5 Å². The molecule has 2 aliphatic rings. The average molecular weight is 305 g/mol. The maximum absolute atomic E-state index is 12.2. The van der Waals surface area contributed by atoms with Crippen LogP contribution in [0.15, 0.2) is 12.3 Å². The Morgan fingerprint density at radius 3 is 2.68 bits per heavy atom. The van der Waals surface area contributed by atoms with Gasteiger partial charge in [0.25, 0.3) is 0 Å². The fourth-order valence-electron chi connectivity index (χ4n) is 3.30. The molecule has 1 aromatic rings. The largest absolute Gasteiger partial charge is 0.333 e. The van der Waals surface area contributed by atoms with Crippen LogP contribution in [0.5, 0.6) is 0 Å². The number of anilines is 1. The second-order valence-electron chi connectivity index (χ2n) is 6.12. The normalized spacial score (nSPS) is 22.8. The van der Waals surface area contributed by atoms with E-state index in [1.165, 1.54) is 19.3 Å². The highest BCUT2D eigenvalue weighted by Crippen LogP contribution is 2.20. The molecular formula is C15H23N5O2. The van der Waals surface area contributed by atoms with Crippen LogP contribution in [0.25, 0.3) is 0 Å².